The number of halogens is 1. The third kappa shape index (κ3) is 6.53. The molecule has 0 radical (unpaired) electrons. The first-order valence-electron chi connectivity index (χ1n) is 11.0. The molecule has 0 aliphatic carbocycles. The molecule has 0 aliphatic rings. The van der Waals surface area contributed by atoms with Gasteiger partial charge in [0.2, 0.25) is 5.91 Å². The van der Waals surface area contributed by atoms with Crippen LogP contribution < -0.4 is 11.3 Å². The van der Waals surface area contributed by atoms with Crippen molar-refractivity contribution in [1.82, 2.24) is 14.5 Å². The fraction of sp³-hybridized carbons (Fsp3) is 0.346. The van der Waals surface area contributed by atoms with Crippen LogP contribution in [0.25, 0.3) is 10.9 Å². The minimum Gasteiger partial charge on any atom is -0.337 e. The van der Waals surface area contributed by atoms with Gasteiger partial charge < -0.3 is 10.6 Å². The van der Waals surface area contributed by atoms with Crippen molar-refractivity contribution < 1.29 is 4.79 Å². The van der Waals surface area contributed by atoms with Gasteiger partial charge >= 0.3 is 0 Å². The lowest BCUT2D eigenvalue weighted by Crippen LogP contribution is -2.48. The number of aromatic nitrogens is 2. The molecule has 1 amide bonds. The average molecular weight is 467 g/mol. The number of amides is 1. The Labute approximate surface area is 199 Å². The predicted octanol–water partition coefficient (Wildman–Crippen LogP) is 4.03. The second-order valence-electron chi connectivity index (χ2n) is 9.29. The summed E-state index contributed by atoms with van der Waals surface area (Å²) in [4.78, 5) is 32.3. The van der Waals surface area contributed by atoms with Crippen molar-refractivity contribution in [2.75, 3.05) is 13.1 Å². The number of hydrogen-bond donors (Lipinski definition) is 1. The number of nitrogens with two attached hydrogens (primary N) is 1. The van der Waals surface area contributed by atoms with Gasteiger partial charge in [0.05, 0.1) is 17.4 Å². The van der Waals surface area contributed by atoms with Crippen LogP contribution in [0.5, 0.6) is 0 Å². The van der Waals surface area contributed by atoms with Crippen LogP contribution in [0, 0.1) is 5.92 Å². The summed E-state index contributed by atoms with van der Waals surface area (Å²) in [6, 6.07) is 14.9. The number of carbonyl (C=O) groups is 1. The lowest BCUT2D eigenvalue weighted by Gasteiger charge is -2.31. The molecule has 0 saturated heterocycles. The summed E-state index contributed by atoms with van der Waals surface area (Å²) in [5.41, 5.74) is 7.10. The molecule has 3 rings (SSSR count). The van der Waals surface area contributed by atoms with E-state index in [1.54, 1.807) is 27.7 Å². The first kappa shape index (κ1) is 24.7. The topological polar surface area (TPSA) is 81.2 Å². The van der Waals surface area contributed by atoms with E-state index in [1.165, 1.54) is 6.08 Å². The van der Waals surface area contributed by atoms with Gasteiger partial charge in [-0.1, -0.05) is 55.4 Å². The SMILES string of the molecule is C=CC(=O)N(CC(C)Cc1nc2cc(Cl)ccc2c(=O)n1Cc1ccccc1)CC(C)(C)N. The zero-order chi connectivity index (χ0) is 24.2. The Morgan fingerprint density at radius 1 is 1.27 bits per heavy atom. The third-order valence-electron chi connectivity index (χ3n) is 5.33. The average Bonchev–Trinajstić information content (AvgIpc) is 2.75. The van der Waals surface area contributed by atoms with Gasteiger partial charge in [0, 0.05) is 30.1 Å². The van der Waals surface area contributed by atoms with Gasteiger partial charge in [0.25, 0.3) is 5.56 Å². The molecule has 2 aromatic carbocycles. The van der Waals surface area contributed by atoms with Crippen LogP contribution in [0.2, 0.25) is 5.02 Å². The Morgan fingerprint density at radius 2 is 1.97 bits per heavy atom. The minimum atomic E-state index is -0.536. The van der Waals surface area contributed by atoms with Crippen molar-refractivity contribution >= 4 is 28.4 Å². The third-order valence-corrected chi connectivity index (χ3v) is 5.56. The first-order chi connectivity index (χ1) is 15.6. The number of carbonyl (C=O) groups excluding carboxylic acids is 1. The van der Waals surface area contributed by atoms with Gasteiger partial charge in [0.15, 0.2) is 0 Å². The fourth-order valence-electron chi connectivity index (χ4n) is 3.93. The van der Waals surface area contributed by atoms with Gasteiger partial charge in [-0.05, 0) is 49.6 Å². The normalized spacial score (nSPS) is 12.5. The van der Waals surface area contributed by atoms with E-state index in [2.05, 4.69) is 6.58 Å². The van der Waals surface area contributed by atoms with E-state index in [-0.39, 0.29) is 17.4 Å². The van der Waals surface area contributed by atoms with Crippen LogP contribution in [0.15, 0.2) is 66.0 Å². The Kier molecular flexibility index (Phi) is 7.72. The number of rotatable bonds is 9. The van der Waals surface area contributed by atoms with E-state index in [4.69, 9.17) is 22.3 Å². The Balaban J connectivity index is 1.97. The van der Waals surface area contributed by atoms with Crippen molar-refractivity contribution in [3.05, 3.63) is 88.0 Å². The molecule has 0 saturated carbocycles. The lowest BCUT2D eigenvalue weighted by molar-refractivity contribution is -0.127. The molecular formula is C26H31ClN4O2. The highest BCUT2D eigenvalue weighted by atomic mass is 35.5. The smallest absolute Gasteiger partial charge is 0.261 e. The molecule has 174 valence electrons. The van der Waals surface area contributed by atoms with E-state index in [0.29, 0.717) is 47.8 Å². The van der Waals surface area contributed by atoms with Crippen LogP contribution in [0.3, 0.4) is 0 Å². The molecule has 1 unspecified atom stereocenters. The maximum absolute atomic E-state index is 13.4. The van der Waals surface area contributed by atoms with Crippen molar-refractivity contribution in [2.24, 2.45) is 11.7 Å². The zero-order valence-corrected chi connectivity index (χ0v) is 20.2. The molecule has 1 atom stereocenters. The molecule has 1 heterocycles. The summed E-state index contributed by atoms with van der Waals surface area (Å²) in [6.07, 6.45) is 1.82. The molecule has 0 bridgehead atoms. The number of benzene rings is 2. The zero-order valence-electron chi connectivity index (χ0n) is 19.4. The molecule has 33 heavy (non-hydrogen) atoms. The van der Waals surface area contributed by atoms with Crippen molar-refractivity contribution in [3.8, 4) is 0 Å². The summed E-state index contributed by atoms with van der Waals surface area (Å²) < 4.78 is 1.72. The van der Waals surface area contributed by atoms with Gasteiger partial charge in [0.1, 0.15) is 5.82 Å². The van der Waals surface area contributed by atoms with Crippen LogP contribution in [0.1, 0.15) is 32.2 Å². The number of fused-ring (bicyclic) bond motifs is 1. The second kappa shape index (κ2) is 10.3. The maximum atomic E-state index is 13.4. The van der Waals surface area contributed by atoms with Gasteiger partial charge in [-0.3, -0.25) is 14.2 Å². The quantitative estimate of drug-likeness (QED) is 0.483. The molecule has 0 aliphatic heterocycles. The minimum absolute atomic E-state index is 0.0295. The van der Waals surface area contributed by atoms with Crippen LogP contribution >= 0.6 is 11.6 Å². The molecule has 7 heteroatoms. The summed E-state index contributed by atoms with van der Waals surface area (Å²) >= 11 is 6.17. The first-order valence-corrected chi connectivity index (χ1v) is 11.4. The highest BCUT2D eigenvalue weighted by Crippen LogP contribution is 2.18. The van der Waals surface area contributed by atoms with E-state index in [9.17, 15) is 9.59 Å². The number of hydrogen-bond acceptors (Lipinski definition) is 4. The second-order valence-corrected chi connectivity index (χ2v) is 9.72. The number of nitrogens with zero attached hydrogens (tertiary/aromatic N) is 3. The Bertz CT molecular complexity index is 1200. The Morgan fingerprint density at radius 3 is 2.61 bits per heavy atom. The molecule has 3 aromatic rings. The highest BCUT2D eigenvalue weighted by Gasteiger charge is 2.23. The van der Waals surface area contributed by atoms with Crippen LogP contribution in [-0.2, 0) is 17.8 Å². The van der Waals surface area contributed by atoms with Crippen molar-refractivity contribution in [1.29, 1.82) is 0 Å². The monoisotopic (exact) mass is 466 g/mol. The van der Waals surface area contributed by atoms with E-state index in [0.717, 1.165) is 5.56 Å². The molecule has 0 spiro atoms. The Hall–Kier alpha value is -2.96. The molecular weight excluding hydrogens is 436 g/mol. The van der Waals surface area contributed by atoms with E-state index < -0.39 is 5.54 Å². The van der Waals surface area contributed by atoms with Crippen molar-refractivity contribution in [3.63, 3.8) is 0 Å². The summed E-state index contributed by atoms with van der Waals surface area (Å²) in [6.45, 7) is 10.7. The highest BCUT2D eigenvalue weighted by molar-refractivity contribution is 6.31. The molecule has 0 fully saturated rings. The summed E-state index contributed by atoms with van der Waals surface area (Å²) in [5.74, 6) is 0.520. The standard InChI is InChI=1S/C26H31ClN4O2/c1-5-24(32)30(17-26(3,4)28)15-18(2)13-23-29-22-14-20(27)11-12-21(22)25(33)31(23)16-19-9-7-6-8-10-19/h5-12,14,18H,1,13,15-17,28H2,2-4H3. The molecule has 1 aromatic heterocycles. The van der Waals surface area contributed by atoms with Crippen molar-refractivity contribution in [2.45, 2.75) is 39.3 Å². The largest absolute Gasteiger partial charge is 0.337 e. The van der Waals surface area contributed by atoms with Gasteiger partial charge in [-0.15, -0.1) is 0 Å². The lowest BCUT2D eigenvalue weighted by atomic mass is 10.0. The van der Waals surface area contributed by atoms with E-state index in [1.807, 2.05) is 51.1 Å². The van der Waals surface area contributed by atoms with Crippen LogP contribution in [0.4, 0.5) is 0 Å². The van der Waals surface area contributed by atoms with Gasteiger partial charge in [-0.25, -0.2) is 4.98 Å². The van der Waals surface area contributed by atoms with Gasteiger partial charge in [-0.2, -0.15) is 0 Å². The van der Waals surface area contributed by atoms with E-state index >= 15 is 0 Å². The summed E-state index contributed by atoms with van der Waals surface area (Å²) in [7, 11) is 0. The maximum Gasteiger partial charge on any atom is 0.261 e. The molecule has 6 nitrogen and oxygen atoms in total. The predicted molar refractivity (Wildman–Crippen MR) is 134 cm³/mol. The van der Waals surface area contributed by atoms with Crippen LogP contribution in [-0.4, -0.2) is 39.0 Å². The fourth-order valence-corrected chi connectivity index (χ4v) is 4.10. The summed E-state index contributed by atoms with van der Waals surface area (Å²) in [5, 5.41) is 1.06. The molecule has 2 N–H and O–H groups in total.